The van der Waals surface area contributed by atoms with Crippen LogP contribution < -0.4 is 10.2 Å². The molecule has 1 heterocycles. The Balaban J connectivity index is 2.29. The summed E-state index contributed by atoms with van der Waals surface area (Å²) in [6.45, 7) is 3.43. The number of aromatic nitrogens is 1. The summed E-state index contributed by atoms with van der Waals surface area (Å²) in [6.07, 6.45) is 2.17. The highest BCUT2D eigenvalue weighted by atomic mass is 19.1. The van der Waals surface area contributed by atoms with E-state index in [1.54, 1.807) is 24.1 Å². The average Bonchev–Trinajstić information content (AvgIpc) is 2.47. The van der Waals surface area contributed by atoms with Crippen LogP contribution in [0.4, 0.5) is 20.3 Å². The zero-order chi connectivity index (χ0) is 15.2. The van der Waals surface area contributed by atoms with Gasteiger partial charge in [0.1, 0.15) is 17.5 Å². The smallest absolute Gasteiger partial charge is 0.141 e. The molecule has 21 heavy (non-hydrogen) atoms. The molecule has 0 amide bonds. The van der Waals surface area contributed by atoms with E-state index in [4.69, 9.17) is 0 Å². The molecule has 0 fully saturated rings. The first-order chi connectivity index (χ1) is 10.1. The Morgan fingerprint density at radius 2 is 2.00 bits per heavy atom. The van der Waals surface area contributed by atoms with Crippen molar-refractivity contribution in [1.29, 1.82) is 0 Å². The fourth-order valence-corrected chi connectivity index (χ4v) is 2.11. The van der Waals surface area contributed by atoms with Crippen molar-refractivity contribution in [2.24, 2.45) is 0 Å². The predicted octanol–water partition coefficient (Wildman–Crippen LogP) is 3.63. The number of pyridine rings is 1. The molecule has 0 atom stereocenters. The number of rotatable bonds is 6. The van der Waals surface area contributed by atoms with Gasteiger partial charge in [-0.05, 0) is 37.2 Å². The molecule has 0 bridgehead atoms. The van der Waals surface area contributed by atoms with E-state index in [9.17, 15) is 8.78 Å². The number of benzene rings is 1. The molecular weight excluding hydrogens is 272 g/mol. The molecule has 0 aliphatic carbocycles. The van der Waals surface area contributed by atoms with Crippen LogP contribution >= 0.6 is 0 Å². The summed E-state index contributed by atoms with van der Waals surface area (Å²) >= 11 is 0. The van der Waals surface area contributed by atoms with E-state index in [0.29, 0.717) is 18.1 Å². The van der Waals surface area contributed by atoms with E-state index in [1.807, 2.05) is 0 Å². The highest BCUT2D eigenvalue weighted by Gasteiger charge is 2.12. The molecule has 112 valence electrons. The second kappa shape index (κ2) is 7.13. The third-order valence-electron chi connectivity index (χ3n) is 3.16. The first-order valence-corrected chi connectivity index (χ1v) is 6.96. The van der Waals surface area contributed by atoms with Crippen molar-refractivity contribution in [3.05, 3.63) is 53.7 Å². The highest BCUT2D eigenvalue weighted by Crippen LogP contribution is 2.25. The largest absolute Gasteiger partial charge is 0.329 e. The summed E-state index contributed by atoms with van der Waals surface area (Å²) in [5.74, 6) is -0.0718. The van der Waals surface area contributed by atoms with Crippen LogP contribution in [0.1, 0.15) is 18.9 Å². The van der Waals surface area contributed by atoms with Gasteiger partial charge in [0.05, 0.1) is 6.20 Å². The fraction of sp³-hybridized carbons (Fsp3) is 0.312. The number of anilines is 2. The van der Waals surface area contributed by atoms with Crippen LogP contribution in [0.15, 0.2) is 36.5 Å². The Morgan fingerprint density at radius 3 is 2.71 bits per heavy atom. The lowest BCUT2D eigenvalue weighted by molar-refractivity contribution is 0.611. The van der Waals surface area contributed by atoms with Crippen LogP contribution in [-0.2, 0) is 6.54 Å². The molecule has 0 saturated heterocycles. The third kappa shape index (κ3) is 3.98. The second-order valence-corrected chi connectivity index (χ2v) is 4.85. The Labute approximate surface area is 123 Å². The van der Waals surface area contributed by atoms with Gasteiger partial charge in [0.2, 0.25) is 0 Å². The van der Waals surface area contributed by atoms with Gasteiger partial charge in [-0.1, -0.05) is 13.0 Å². The third-order valence-corrected chi connectivity index (χ3v) is 3.16. The average molecular weight is 291 g/mol. The molecule has 1 aromatic heterocycles. The monoisotopic (exact) mass is 291 g/mol. The molecule has 5 heteroatoms. The number of hydrogen-bond acceptors (Lipinski definition) is 3. The van der Waals surface area contributed by atoms with Crippen molar-refractivity contribution in [3.8, 4) is 0 Å². The van der Waals surface area contributed by atoms with E-state index in [-0.39, 0.29) is 11.6 Å². The molecule has 2 aromatic rings. The molecule has 0 saturated carbocycles. The second-order valence-electron chi connectivity index (χ2n) is 4.85. The van der Waals surface area contributed by atoms with Gasteiger partial charge in [-0.2, -0.15) is 0 Å². The predicted molar refractivity (Wildman–Crippen MR) is 80.7 cm³/mol. The van der Waals surface area contributed by atoms with Gasteiger partial charge in [-0.15, -0.1) is 0 Å². The molecule has 0 unspecified atom stereocenters. The maximum Gasteiger partial charge on any atom is 0.141 e. The molecule has 2 rings (SSSR count). The van der Waals surface area contributed by atoms with Crippen molar-refractivity contribution in [1.82, 2.24) is 10.3 Å². The van der Waals surface area contributed by atoms with Gasteiger partial charge in [0.15, 0.2) is 0 Å². The summed E-state index contributed by atoms with van der Waals surface area (Å²) in [5, 5.41) is 3.23. The molecule has 0 aliphatic rings. The summed E-state index contributed by atoms with van der Waals surface area (Å²) in [7, 11) is 1.79. The lowest BCUT2D eigenvalue weighted by Gasteiger charge is -2.21. The Bertz CT molecular complexity index is 602. The van der Waals surface area contributed by atoms with Crippen LogP contribution in [0.2, 0.25) is 0 Å². The van der Waals surface area contributed by atoms with E-state index >= 15 is 0 Å². The first-order valence-electron chi connectivity index (χ1n) is 6.96. The number of hydrogen-bond donors (Lipinski definition) is 1. The number of nitrogens with one attached hydrogen (secondary N) is 1. The first kappa shape index (κ1) is 15.4. The zero-order valence-corrected chi connectivity index (χ0v) is 12.2. The van der Waals surface area contributed by atoms with Crippen molar-refractivity contribution >= 4 is 11.5 Å². The molecular formula is C16H19F2N3. The molecule has 0 aliphatic heterocycles. The van der Waals surface area contributed by atoms with Gasteiger partial charge in [-0.3, -0.25) is 0 Å². The van der Waals surface area contributed by atoms with Gasteiger partial charge < -0.3 is 10.2 Å². The number of halogens is 2. The van der Waals surface area contributed by atoms with Crippen LogP contribution in [0.3, 0.4) is 0 Å². The lowest BCUT2D eigenvalue weighted by atomic mass is 10.2. The van der Waals surface area contributed by atoms with Gasteiger partial charge in [0, 0.05) is 24.8 Å². The normalized spacial score (nSPS) is 10.7. The molecule has 0 spiro atoms. The van der Waals surface area contributed by atoms with Crippen molar-refractivity contribution in [3.63, 3.8) is 0 Å². The summed E-state index contributed by atoms with van der Waals surface area (Å²) in [6, 6.07) is 7.70. The summed E-state index contributed by atoms with van der Waals surface area (Å²) < 4.78 is 26.8. The Hall–Kier alpha value is -2.01. The van der Waals surface area contributed by atoms with E-state index in [2.05, 4.69) is 17.2 Å². The highest BCUT2D eigenvalue weighted by molar-refractivity contribution is 5.62. The van der Waals surface area contributed by atoms with Crippen molar-refractivity contribution in [2.45, 2.75) is 19.9 Å². The van der Waals surface area contributed by atoms with E-state index in [0.717, 1.165) is 18.5 Å². The van der Waals surface area contributed by atoms with Crippen LogP contribution in [0.5, 0.6) is 0 Å². The minimum atomic E-state index is -0.375. The van der Waals surface area contributed by atoms with Crippen LogP contribution in [0, 0.1) is 11.6 Å². The lowest BCUT2D eigenvalue weighted by Crippen LogP contribution is -2.19. The van der Waals surface area contributed by atoms with Gasteiger partial charge in [-0.25, -0.2) is 13.8 Å². The minimum absolute atomic E-state index is 0.313. The molecule has 1 N–H and O–H groups in total. The maximum atomic E-state index is 13.4. The van der Waals surface area contributed by atoms with Crippen molar-refractivity contribution in [2.75, 3.05) is 18.5 Å². The number of nitrogens with zero attached hydrogens (tertiary/aromatic N) is 2. The zero-order valence-electron chi connectivity index (χ0n) is 12.2. The van der Waals surface area contributed by atoms with E-state index in [1.165, 1.54) is 24.4 Å². The van der Waals surface area contributed by atoms with Crippen LogP contribution in [0.25, 0.3) is 0 Å². The molecule has 1 aromatic carbocycles. The fourth-order valence-electron chi connectivity index (χ4n) is 2.11. The van der Waals surface area contributed by atoms with Gasteiger partial charge >= 0.3 is 0 Å². The Morgan fingerprint density at radius 1 is 1.19 bits per heavy atom. The van der Waals surface area contributed by atoms with E-state index < -0.39 is 0 Å². The van der Waals surface area contributed by atoms with Gasteiger partial charge in [0.25, 0.3) is 0 Å². The quantitative estimate of drug-likeness (QED) is 0.824. The topological polar surface area (TPSA) is 28.2 Å². The SMILES string of the molecule is CCCNCc1cc(F)cnc1N(C)c1cccc(F)c1. The summed E-state index contributed by atoms with van der Waals surface area (Å²) in [4.78, 5) is 5.91. The maximum absolute atomic E-state index is 13.4. The molecule has 3 nitrogen and oxygen atoms in total. The summed E-state index contributed by atoms with van der Waals surface area (Å²) in [5.41, 5.74) is 1.42. The van der Waals surface area contributed by atoms with Crippen LogP contribution in [-0.4, -0.2) is 18.6 Å². The standard InChI is InChI=1S/C16H19F2N3/c1-3-7-19-10-12-8-14(18)11-20-16(12)21(2)15-6-4-5-13(17)9-15/h4-6,8-9,11,19H,3,7,10H2,1-2H3. The molecule has 0 radical (unpaired) electrons. The Kier molecular flexibility index (Phi) is 5.22. The van der Waals surface area contributed by atoms with Crippen molar-refractivity contribution < 1.29 is 8.78 Å². The minimum Gasteiger partial charge on any atom is -0.329 e.